The predicted octanol–water partition coefficient (Wildman–Crippen LogP) is 2.23. The summed E-state index contributed by atoms with van der Waals surface area (Å²) in [4.78, 5) is 8.43. The second-order valence-corrected chi connectivity index (χ2v) is 5.40. The van der Waals surface area contributed by atoms with Crippen LogP contribution in [0.1, 0.15) is 30.9 Å². The molecule has 0 amide bonds. The number of aliphatic hydroxyl groups is 1. The summed E-state index contributed by atoms with van der Waals surface area (Å²) >= 11 is 0. The molecule has 1 aromatic heterocycles. The number of aliphatic hydroxyl groups excluding tert-OH is 1. The number of nitrogens with two attached hydrogens (primary N) is 1. The van der Waals surface area contributed by atoms with Gasteiger partial charge in [-0.15, -0.1) is 0 Å². The second-order valence-electron chi connectivity index (χ2n) is 5.40. The van der Waals surface area contributed by atoms with Gasteiger partial charge in [-0.05, 0) is 12.0 Å². The van der Waals surface area contributed by atoms with Crippen LogP contribution < -0.4 is 15.8 Å². The molecular weight excluding hydrogens is 292 g/mol. The minimum absolute atomic E-state index is 0.145. The van der Waals surface area contributed by atoms with E-state index in [1.807, 2.05) is 37.3 Å². The molecule has 0 saturated carbocycles. The molecule has 1 unspecified atom stereocenters. The maximum atomic E-state index is 9.92. The van der Waals surface area contributed by atoms with Crippen molar-refractivity contribution in [1.29, 1.82) is 0 Å². The van der Waals surface area contributed by atoms with Crippen LogP contribution in [0.15, 0.2) is 30.3 Å². The van der Waals surface area contributed by atoms with Crippen molar-refractivity contribution >= 4 is 11.8 Å². The Hall–Kier alpha value is -2.34. The minimum Gasteiger partial charge on any atom is -0.481 e. The normalized spacial score (nSPS) is 12.0. The third-order valence-electron chi connectivity index (χ3n) is 3.53. The molecule has 6 nitrogen and oxygen atoms in total. The monoisotopic (exact) mass is 316 g/mol. The number of hydrogen-bond donors (Lipinski definition) is 3. The van der Waals surface area contributed by atoms with E-state index < -0.39 is 6.10 Å². The van der Waals surface area contributed by atoms with Crippen molar-refractivity contribution in [2.75, 3.05) is 24.7 Å². The third-order valence-corrected chi connectivity index (χ3v) is 3.53. The van der Waals surface area contributed by atoms with Crippen molar-refractivity contribution in [3.8, 4) is 5.88 Å². The number of aromatic nitrogens is 2. The number of ether oxygens (including phenoxy) is 1. The molecule has 2 aromatic rings. The smallest absolute Gasteiger partial charge is 0.225 e. The summed E-state index contributed by atoms with van der Waals surface area (Å²) < 4.78 is 5.36. The van der Waals surface area contributed by atoms with E-state index >= 15 is 0 Å². The Morgan fingerprint density at radius 1 is 1.26 bits per heavy atom. The van der Waals surface area contributed by atoms with Gasteiger partial charge < -0.3 is 20.9 Å². The molecular formula is C17H24N4O2. The van der Waals surface area contributed by atoms with Crippen LogP contribution in [0, 0.1) is 0 Å². The molecule has 23 heavy (non-hydrogen) atoms. The van der Waals surface area contributed by atoms with Crippen molar-refractivity contribution in [1.82, 2.24) is 9.97 Å². The lowest BCUT2D eigenvalue weighted by Gasteiger charge is -2.16. The summed E-state index contributed by atoms with van der Waals surface area (Å²) in [6.07, 6.45) is 1.86. The van der Waals surface area contributed by atoms with Gasteiger partial charge >= 0.3 is 0 Å². The van der Waals surface area contributed by atoms with Crippen LogP contribution in [0.25, 0.3) is 0 Å². The number of nitrogen functional groups attached to an aromatic ring is 1. The number of nitrogens with one attached hydrogen (secondary N) is 1. The summed E-state index contributed by atoms with van der Waals surface area (Å²) in [5, 5.41) is 13.1. The van der Waals surface area contributed by atoms with Gasteiger partial charge in [-0.25, -0.2) is 0 Å². The van der Waals surface area contributed by atoms with Crippen molar-refractivity contribution in [3.05, 3.63) is 41.5 Å². The first-order chi connectivity index (χ1) is 11.1. The Bertz CT molecular complexity index is 619. The number of hydrogen-bond acceptors (Lipinski definition) is 6. The van der Waals surface area contributed by atoms with E-state index in [0.29, 0.717) is 24.7 Å². The Labute approximate surface area is 136 Å². The van der Waals surface area contributed by atoms with Crippen LogP contribution in [0.2, 0.25) is 0 Å². The Morgan fingerprint density at radius 2 is 2.00 bits per heavy atom. The molecule has 0 spiro atoms. The highest BCUT2D eigenvalue weighted by Crippen LogP contribution is 2.27. The van der Waals surface area contributed by atoms with Crippen LogP contribution in [0.4, 0.5) is 11.8 Å². The van der Waals surface area contributed by atoms with Gasteiger partial charge in [0.2, 0.25) is 11.8 Å². The van der Waals surface area contributed by atoms with Gasteiger partial charge in [0.15, 0.2) is 0 Å². The fourth-order valence-corrected chi connectivity index (χ4v) is 2.40. The fraction of sp³-hybridized carbons (Fsp3) is 0.412. The maximum absolute atomic E-state index is 9.92. The molecule has 0 aliphatic rings. The highest BCUT2D eigenvalue weighted by molar-refractivity contribution is 5.54. The number of nitrogens with zero attached hydrogens (tertiary/aromatic N) is 2. The molecule has 0 aliphatic heterocycles. The van der Waals surface area contributed by atoms with Crippen molar-refractivity contribution in [3.63, 3.8) is 0 Å². The predicted molar refractivity (Wildman–Crippen MR) is 91.6 cm³/mol. The number of methoxy groups -OCH3 is 1. The van der Waals surface area contributed by atoms with E-state index in [2.05, 4.69) is 15.3 Å². The summed E-state index contributed by atoms with van der Waals surface area (Å²) in [7, 11) is 1.56. The molecule has 0 radical (unpaired) electrons. The Kier molecular flexibility index (Phi) is 6.17. The third kappa shape index (κ3) is 4.82. The first kappa shape index (κ1) is 17.0. The highest BCUT2D eigenvalue weighted by atomic mass is 16.5. The lowest BCUT2D eigenvalue weighted by atomic mass is 10.1. The van der Waals surface area contributed by atoms with E-state index in [0.717, 1.165) is 24.0 Å². The van der Waals surface area contributed by atoms with Crippen molar-refractivity contribution in [2.24, 2.45) is 0 Å². The summed E-state index contributed by atoms with van der Waals surface area (Å²) in [6.45, 7) is 2.45. The van der Waals surface area contributed by atoms with E-state index in [-0.39, 0.29) is 5.95 Å². The van der Waals surface area contributed by atoms with Gasteiger partial charge in [-0.2, -0.15) is 9.97 Å². The average Bonchev–Trinajstić information content (AvgIpc) is 2.55. The van der Waals surface area contributed by atoms with Crippen molar-refractivity contribution < 1.29 is 9.84 Å². The molecule has 0 bridgehead atoms. The summed E-state index contributed by atoms with van der Waals surface area (Å²) in [6, 6.07) is 10.0. The number of benzene rings is 1. The molecule has 6 heteroatoms. The van der Waals surface area contributed by atoms with E-state index in [4.69, 9.17) is 10.5 Å². The second kappa shape index (κ2) is 8.33. The van der Waals surface area contributed by atoms with E-state index in [1.165, 1.54) is 0 Å². The molecule has 1 atom stereocenters. The zero-order valence-corrected chi connectivity index (χ0v) is 13.6. The van der Waals surface area contributed by atoms with Crippen LogP contribution in [-0.2, 0) is 6.42 Å². The highest BCUT2D eigenvalue weighted by Gasteiger charge is 2.15. The average molecular weight is 316 g/mol. The summed E-state index contributed by atoms with van der Waals surface area (Å²) in [5.74, 6) is 1.20. The first-order valence-electron chi connectivity index (χ1n) is 7.80. The van der Waals surface area contributed by atoms with E-state index in [9.17, 15) is 5.11 Å². The largest absolute Gasteiger partial charge is 0.481 e. The van der Waals surface area contributed by atoms with Crippen LogP contribution >= 0.6 is 0 Å². The van der Waals surface area contributed by atoms with Crippen LogP contribution in [0.3, 0.4) is 0 Å². The zero-order valence-electron chi connectivity index (χ0n) is 13.6. The molecule has 0 fully saturated rings. The SMILES string of the molecule is CCCC(O)CNc1nc(N)nc(OC)c1Cc1ccccc1. The quantitative estimate of drug-likeness (QED) is 0.691. The van der Waals surface area contributed by atoms with Gasteiger partial charge in [-0.3, -0.25) is 0 Å². The lowest BCUT2D eigenvalue weighted by Crippen LogP contribution is -2.21. The first-order valence-corrected chi connectivity index (χ1v) is 7.80. The standard InChI is InChI=1S/C17H24N4O2/c1-3-7-13(22)11-19-15-14(10-12-8-5-4-6-9-12)16(23-2)21-17(18)20-15/h4-6,8-9,13,22H,3,7,10-11H2,1-2H3,(H3,18,19,20,21). The lowest BCUT2D eigenvalue weighted by molar-refractivity contribution is 0.176. The summed E-state index contributed by atoms with van der Waals surface area (Å²) in [5.41, 5.74) is 7.71. The van der Waals surface area contributed by atoms with Crippen LogP contribution in [-0.4, -0.2) is 34.8 Å². The molecule has 2 rings (SSSR count). The topological polar surface area (TPSA) is 93.3 Å². The van der Waals surface area contributed by atoms with Gasteiger partial charge in [0, 0.05) is 13.0 Å². The van der Waals surface area contributed by atoms with Gasteiger partial charge in [0.1, 0.15) is 5.82 Å². The maximum Gasteiger partial charge on any atom is 0.225 e. The fourth-order valence-electron chi connectivity index (χ4n) is 2.40. The zero-order chi connectivity index (χ0) is 16.7. The Morgan fingerprint density at radius 3 is 2.65 bits per heavy atom. The van der Waals surface area contributed by atoms with E-state index in [1.54, 1.807) is 7.11 Å². The molecule has 4 N–H and O–H groups in total. The van der Waals surface area contributed by atoms with Gasteiger partial charge in [0.25, 0.3) is 0 Å². The molecule has 1 heterocycles. The number of rotatable bonds is 8. The van der Waals surface area contributed by atoms with Crippen molar-refractivity contribution in [2.45, 2.75) is 32.3 Å². The minimum atomic E-state index is -0.424. The number of anilines is 2. The van der Waals surface area contributed by atoms with Gasteiger partial charge in [-0.1, -0.05) is 43.7 Å². The van der Waals surface area contributed by atoms with Gasteiger partial charge in [0.05, 0.1) is 18.8 Å². The molecule has 124 valence electrons. The van der Waals surface area contributed by atoms with Crippen LogP contribution in [0.5, 0.6) is 5.88 Å². The molecule has 0 saturated heterocycles. The molecule has 0 aliphatic carbocycles. The molecule has 1 aromatic carbocycles. The Balaban J connectivity index is 2.26.